The normalized spacial score (nSPS) is 11.9. The number of benzene rings is 1. The summed E-state index contributed by atoms with van der Waals surface area (Å²) in [5, 5.41) is 2.70. The molecule has 0 amide bonds. The fourth-order valence-electron chi connectivity index (χ4n) is 2.00. The highest BCUT2D eigenvalue weighted by Crippen LogP contribution is 2.27. The standard InChI is InChI=1S/C14H17FN2O3S2/c1-10-12(5-4-11(20-3)14(10)15)22(18,19)17(2)8-6-13-16-7-9-21-13/h4-5,7,9H,6,8H2,1-3H3. The van der Waals surface area contributed by atoms with Gasteiger partial charge in [-0.1, -0.05) is 0 Å². The smallest absolute Gasteiger partial charge is 0.243 e. The minimum Gasteiger partial charge on any atom is -0.494 e. The average Bonchev–Trinajstić information content (AvgIpc) is 3.00. The Kier molecular flexibility index (Phi) is 5.15. The van der Waals surface area contributed by atoms with Gasteiger partial charge in [-0.3, -0.25) is 0 Å². The minimum atomic E-state index is -3.76. The molecular weight excluding hydrogens is 327 g/mol. The van der Waals surface area contributed by atoms with Crippen LogP contribution in [0.3, 0.4) is 0 Å². The second-order valence-electron chi connectivity index (χ2n) is 4.71. The molecule has 2 aromatic rings. The number of likely N-dealkylation sites (N-methyl/N-ethyl adjacent to an activating group) is 1. The van der Waals surface area contributed by atoms with Crippen LogP contribution in [0.15, 0.2) is 28.6 Å². The lowest BCUT2D eigenvalue weighted by Gasteiger charge is -2.18. The molecule has 0 saturated carbocycles. The fraction of sp³-hybridized carbons (Fsp3) is 0.357. The number of nitrogens with zero attached hydrogens (tertiary/aromatic N) is 2. The first-order valence-electron chi connectivity index (χ1n) is 6.55. The maximum Gasteiger partial charge on any atom is 0.243 e. The fourth-order valence-corrected chi connectivity index (χ4v) is 3.99. The Hall–Kier alpha value is -1.51. The largest absolute Gasteiger partial charge is 0.494 e. The molecule has 120 valence electrons. The van der Waals surface area contributed by atoms with E-state index in [2.05, 4.69) is 4.98 Å². The highest BCUT2D eigenvalue weighted by atomic mass is 32.2. The van der Waals surface area contributed by atoms with Crippen LogP contribution in [-0.4, -0.2) is 38.4 Å². The Bertz CT molecular complexity index is 746. The van der Waals surface area contributed by atoms with Crippen LogP contribution in [-0.2, 0) is 16.4 Å². The maximum absolute atomic E-state index is 14.0. The van der Waals surface area contributed by atoms with Crippen LogP contribution >= 0.6 is 11.3 Å². The molecule has 8 heteroatoms. The Labute approximate surface area is 133 Å². The Morgan fingerprint density at radius 2 is 2.14 bits per heavy atom. The molecule has 0 radical (unpaired) electrons. The number of thiazole rings is 1. The van der Waals surface area contributed by atoms with Crippen molar-refractivity contribution in [3.63, 3.8) is 0 Å². The Morgan fingerprint density at radius 3 is 2.73 bits per heavy atom. The van der Waals surface area contributed by atoms with Gasteiger partial charge in [0.2, 0.25) is 10.0 Å². The van der Waals surface area contributed by atoms with E-state index in [1.54, 1.807) is 6.20 Å². The monoisotopic (exact) mass is 344 g/mol. The lowest BCUT2D eigenvalue weighted by molar-refractivity contribution is 0.383. The van der Waals surface area contributed by atoms with Gasteiger partial charge in [-0.05, 0) is 19.1 Å². The zero-order chi connectivity index (χ0) is 16.3. The third-order valence-electron chi connectivity index (χ3n) is 3.33. The van der Waals surface area contributed by atoms with Crippen molar-refractivity contribution >= 4 is 21.4 Å². The molecule has 0 aliphatic carbocycles. The van der Waals surface area contributed by atoms with Crippen molar-refractivity contribution in [1.82, 2.24) is 9.29 Å². The SMILES string of the molecule is COc1ccc(S(=O)(=O)N(C)CCc2nccs2)c(C)c1F. The predicted octanol–water partition coefficient (Wildman–Crippen LogP) is 2.46. The summed E-state index contributed by atoms with van der Waals surface area (Å²) in [4.78, 5) is 4.07. The first kappa shape index (κ1) is 16.9. The summed E-state index contributed by atoms with van der Waals surface area (Å²) < 4.78 is 45.3. The quantitative estimate of drug-likeness (QED) is 0.808. The molecule has 0 aliphatic heterocycles. The van der Waals surface area contributed by atoms with Gasteiger partial charge in [-0.15, -0.1) is 11.3 Å². The van der Waals surface area contributed by atoms with E-state index in [0.717, 1.165) is 5.01 Å². The molecule has 1 aromatic heterocycles. The van der Waals surface area contributed by atoms with Crippen molar-refractivity contribution in [1.29, 1.82) is 0 Å². The maximum atomic E-state index is 14.0. The van der Waals surface area contributed by atoms with Crippen LogP contribution in [0.1, 0.15) is 10.6 Å². The summed E-state index contributed by atoms with van der Waals surface area (Å²) in [7, 11) is -0.940. The number of halogens is 1. The number of methoxy groups -OCH3 is 1. The van der Waals surface area contributed by atoms with E-state index in [1.165, 1.54) is 48.9 Å². The molecule has 5 nitrogen and oxygen atoms in total. The van der Waals surface area contributed by atoms with Crippen molar-refractivity contribution < 1.29 is 17.5 Å². The molecule has 22 heavy (non-hydrogen) atoms. The molecule has 0 N–H and O–H groups in total. The molecule has 0 bridgehead atoms. The van der Waals surface area contributed by atoms with Gasteiger partial charge in [-0.2, -0.15) is 0 Å². The van der Waals surface area contributed by atoms with Crippen LogP contribution in [0.4, 0.5) is 4.39 Å². The summed E-state index contributed by atoms with van der Waals surface area (Å²) in [6, 6.07) is 2.69. The zero-order valence-electron chi connectivity index (χ0n) is 12.5. The zero-order valence-corrected chi connectivity index (χ0v) is 14.2. The van der Waals surface area contributed by atoms with Crippen LogP contribution < -0.4 is 4.74 Å². The lowest BCUT2D eigenvalue weighted by atomic mass is 10.2. The predicted molar refractivity (Wildman–Crippen MR) is 83.3 cm³/mol. The topological polar surface area (TPSA) is 59.5 Å². The van der Waals surface area contributed by atoms with E-state index in [4.69, 9.17) is 4.74 Å². The van der Waals surface area contributed by atoms with E-state index >= 15 is 0 Å². The van der Waals surface area contributed by atoms with Gasteiger partial charge in [-0.25, -0.2) is 22.1 Å². The minimum absolute atomic E-state index is 0.0295. The van der Waals surface area contributed by atoms with Crippen molar-refractivity contribution in [3.05, 3.63) is 40.1 Å². The molecule has 0 aliphatic rings. The number of ether oxygens (including phenoxy) is 1. The average molecular weight is 344 g/mol. The first-order chi connectivity index (χ1) is 10.4. The lowest BCUT2D eigenvalue weighted by Crippen LogP contribution is -2.29. The molecular formula is C14H17FN2O3S2. The molecule has 0 saturated heterocycles. The van der Waals surface area contributed by atoms with Crippen LogP contribution in [0.5, 0.6) is 5.75 Å². The van der Waals surface area contributed by atoms with E-state index < -0.39 is 15.8 Å². The summed E-state index contributed by atoms with van der Waals surface area (Å²) in [5.74, 6) is -0.626. The number of aromatic nitrogens is 1. The third-order valence-corrected chi connectivity index (χ3v) is 6.17. The van der Waals surface area contributed by atoms with Crippen LogP contribution in [0, 0.1) is 12.7 Å². The molecule has 0 spiro atoms. The summed E-state index contributed by atoms with van der Waals surface area (Å²) in [6.45, 7) is 1.71. The Balaban J connectivity index is 2.24. The number of rotatable bonds is 6. The first-order valence-corrected chi connectivity index (χ1v) is 8.87. The second-order valence-corrected chi connectivity index (χ2v) is 7.70. The molecule has 1 heterocycles. The number of hydrogen-bond donors (Lipinski definition) is 0. The number of hydrogen-bond acceptors (Lipinski definition) is 5. The van der Waals surface area contributed by atoms with Gasteiger partial charge in [0.25, 0.3) is 0 Å². The highest BCUT2D eigenvalue weighted by Gasteiger charge is 2.25. The van der Waals surface area contributed by atoms with Crippen LogP contribution in [0.25, 0.3) is 0 Å². The van der Waals surface area contributed by atoms with E-state index in [1.807, 2.05) is 5.38 Å². The van der Waals surface area contributed by atoms with Gasteiger partial charge in [0.15, 0.2) is 11.6 Å². The number of sulfonamides is 1. The molecule has 0 atom stereocenters. The summed E-state index contributed by atoms with van der Waals surface area (Å²) in [6.07, 6.45) is 2.20. The van der Waals surface area contributed by atoms with Crippen molar-refractivity contribution in [2.75, 3.05) is 20.7 Å². The Morgan fingerprint density at radius 1 is 1.41 bits per heavy atom. The summed E-state index contributed by atoms with van der Waals surface area (Å²) >= 11 is 1.47. The second kappa shape index (κ2) is 6.72. The van der Waals surface area contributed by atoms with Crippen molar-refractivity contribution in [2.45, 2.75) is 18.2 Å². The van der Waals surface area contributed by atoms with Gasteiger partial charge in [0, 0.05) is 37.2 Å². The van der Waals surface area contributed by atoms with Crippen LogP contribution in [0.2, 0.25) is 0 Å². The molecule has 0 unspecified atom stereocenters. The van der Waals surface area contributed by atoms with Crippen molar-refractivity contribution in [2.24, 2.45) is 0 Å². The van der Waals surface area contributed by atoms with Gasteiger partial charge in [0.05, 0.1) is 17.0 Å². The van der Waals surface area contributed by atoms with Gasteiger partial charge < -0.3 is 4.74 Å². The van der Waals surface area contributed by atoms with E-state index in [9.17, 15) is 12.8 Å². The van der Waals surface area contributed by atoms with E-state index in [-0.39, 0.29) is 22.8 Å². The van der Waals surface area contributed by atoms with Crippen molar-refractivity contribution in [3.8, 4) is 5.75 Å². The third kappa shape index (κ3) is 3.29. The van der Waals surface area contributed by atoms with E-state index in [0.29, 0.717) is 6.42 Å². The van der Waals surface area contributed by atoms with Gasteiger partial charge in [0.1, 0.15) is 0 Å². The summed E-state index contributed by atoms with van der Waals surface area (Å²) in [5.41, 5.74) is 0.0560. The molecule has 2 rings (SSSR count). The highest BCUT2D eigenvalue weighted by molar-refractivity contribution is 7.89. The molecule has 0 fully saturated rings. The molecule has 1 aromatic carbocycles. The van der Waals surface area contributed by atoms with Gasteiger partial charge >= 0.3 is 0 Å².